The molecule has 0 aliphatic heterocycles. The van der Waals surface area contributed by atoms with E-state index in [0.717, 1.165) is 24.1 Å². The minimum Gasteiger partial charge on any atom is -0.465 e. The molecule has 20 heavy (non-hydrogen) atoms. The van der Waals surface area contributed by atoms with Gasteiger partial charge in [-0.1, -0.05) is 33.3 Å². The van der Waals surface area contributed by atoms with Crippen LogP contribution in [-0.4, -0.2) is 19.1 Å². The molecule has 0 heterocycles. The van der Waals surface area contributed by atoms with E-state index in [2.05, 4.69) is 26.1 Å². The van der Waals surface area contributed by atoms with E-state index >= 15 is 0 Å². The first kappa shape index (κ1) is 16.5. The van der Waals surface area contributed by atoms with E-state index in [9.17, 15) is 4.79 Å². The summed E-state index contributed by atoms with van der Waals surface area (Å²) in [5, 5.41) is 3.57. The number of nitrogens with one attached hydrogen (secondary N) is 1. The second kappa shape index (κ2) is 7.93. The summed E-state index contributed by atoms with van der Waals surface area (Å²) < 4.78 is 4.82. The first-order valence-electron chi connectivity index (χ1n) is 7.47. The number of carbonyl (C=O) groups is 1. The maximum atomic E-state index is 11.7. The van der Waals surface area contributed by atoms with Crippen molar-refractivity contribution in [2.24, 2.45) is 5.92 Å². The van der Waals surface area contributed by atoms with Gasteiger partial charge in [0, 0.05) is 11.7 Å². The SMILES string of the molecule is CCC(C)CC(CC)Nc1cccc(C(=O)OC)c1C. The van der Waals surface area contributed by atoms with E-state index in [4.69, 9.17) is 4.74 Å². The number of carbonyl (C=O) groups excluding carboxylic acids is 1. The lowest BCUT2D eigenvalue weighted by atomic mass is 9.97. The maximum absolute atomic E-state index is 11.7. The Hall–Kier alpha value is -1.51. The summed E-state index contributed by atoms with van der Waals surface area (Å²) in [6, 6.07) is 6.18. The van der Waals surface area contributed by atoms with Crippen LogP contribution in [0.5, 0.6) is 0 Å². The Labute approximate surface area is 122 Å². The molecule has 0 amide bonds. The van der Waals surface area contributed by atoms with Gasteiger partial charge in [-0.15, -0.1) is 0 Å². The van der Waals surface area contributed by atoms with E-state index in [1.54, 1.807) is 0 Å². The lowest BCUT2D eigenvalue weighted by Gasteiger charge is -2.23. The van der Waals surface area contributed by atoms with Gasteiger partial charge in [-0.3, -0.25) is 0 Å². The highest BCUT2D eigenvalue weighted by atomic mass is 16.5. The zero-order valence-corrected chi connectivity index (χ0v) is 13.3. The Balaban J connectivity index is 2.88. The Kier molecular flexibility index (Phi) is 6.56. The molecule has 0 aliphatic rings. The zero-order chi connectivity index (χ0) is 15.1. The zero-order valence-electron chi connectivity index (χ0n) is 13.3. The molecule has 0 spiro atoms. The maximum Gasteiger partial charge on any atom is 0.338 e. The molecule has 0 saturated heterocycles. The highest BCUT2D eigenvalue weighted by Gasteiger charge is 2.15. The standard InChI is InChI=1S/C17H27NO2/c1-6-12(3)11-14(7-2)18-16-10-8-9-15(13(16)4)17(19)20-5/h8-10,12,14,18H,6-7,11H2,1-5H3. The van der Waals surface area contributed by atoms with Crippen LogP contribution in [0.2, 0.25) is 0 Å². The smallest absolute Gasteiger partial charge is 0.338 e. The highest BCUT2D eigenvalue weighted by Crippen LogP contribution is 2.23. The number of hydrogen-bond acceptors (Lipinski definition) is 3. The minimum atomic E-state index is -0.277. The molecular formula is C17H27NO2. The van der Waals surface area contributed by atoms with E-state index in [1.165, 1.54) is 13.5 Å². The topological polar surface area (TPSA) is 38.3 Å². The second-order valence-corrected chi connectivity index (χ2v) is 5.47. The molecule has 1 N–H and O–H groups in total. The molecular weight excluding hydrogens is 250 g/mol. The highest BCUT2D eigenvalue weighted by molar-refractivity contribution is 5.92. The number of rotatable bonds is 7. The summed E-state index contributed by atoms with van der Waals surface area (Å²) in [6.45, 7) is 8.66. The Morgan fingerprint density at radius 1 is 1.30 bits per heavy atom. The summed E-state index contributed by atoms with van der Waals surface area (Å²) in [4.78, 5) is 11.7. The van der Waals surface area contributed by atoms with Crippen LogP contribution in [0.3, 0.4) is 0 Å². The van der Waals surface area contributed by atoms with E-state index in [-0.39, 0.29) is 5.97 Å². The molecule has 1 rings (SSSR count). The van der Waals surface area contributed by atoms with Crippen LogP contribution in [0, 0.1) is 12.8 Å². The largest absolute Gasteiger partial charge is 0.465 e. The molecule has 1 aromatic rings. The van der Waals surface area contributed by atoms with Crippen molar-refractivity contribution < 1.29 is 9.53 Å². The summed E-state index contributed by atoms with van der Waals surface area (Å²) >= 11 is 0. The molecule has 0 bridgehead atoms. The molecule has 0 aliphatic carbocycles. The quantitative estimate of drug-likeness (QED) is 0.750. The molecule has 2 unspecified atom stereocenters. The molecule has 0 aromatic heterocycles. The minimum absolute atomic E-state index is 0.277. The fourth-order valence-corrected chi connectivity index (χ4v) is 2.32. The normalized spacial score (nSPS) is 13.7. The molecule has 0 fully saturated rings. The van der Waals surface area contributed by atoms with Crippen LogP contribution in [0.25, 0.3) is 0 Å². The van der Waals surface area contributed by atoms with Crippen LogP contribution >= 0.6 is 0 Å². The van der Waals surface area contributed by atoms with Gasteiger partial charge >= 0.3 is 5.97 Å². The van der Waals surface area contributed by atoms with Crippen LogP contribution in [0.1, 0.15) is 56.0 Å². The first-order valence-corrected chi connectivity index (χ1v) is 7.47. The van der Waals surface area contributed by atoms with Crippen molar-refractivity contribution in [1.29, 1.82) is 0 Å². The molecule has 3 nitrogen and oxygen atoms in total. The first-order chi connectivity index (χ1) is 9.53. The summed E-state index contributed by atoms with van der Waals surface area (Å²) in [6.07, 6.45) is 3.42. The van der Waals surface area contributed by atoms with E-state index in [1.807, 2.05) is 25.1 Å². The van der Waals surface area contributed by atoms with Gasteiger partial charge in [-0.2, -0.15) is 0 Å². The van der Waals surface area contributed by atoms with Gasteiger partial charge < -0.3 is 10.1 Å². The Morgan fingerprint density at radius 2 is 2.00 bits per heavy atom. The van der Waals surface area contributed by atoms with Crippen LogP contribution < -0.4 is 5.32 Å². The van der Waals surface area contributed by atoms with E-state index in [0.29, 0.717) is 17.5 Å². The lowest BCUT2D eigenvalue weighted by molar-refractivity contribution is 0.0600. The number of benzene rings is 1. The lowest BCUT2D eigenvalue weighted by Crippen LogP contribution is -2.22. The van der Waals surface area contributed by atoms with Gasteiger partial charge in [-0.25, -0.2) is 4.79 Å². The Morgan fingerprint density at radius 3 is 2.55 bits per heavy atom. The van der Waals surface area contributed by atoms with Gasteiger partial charge in [-0.05, 0) is 43.4 Å². The summed E-state index contributed by atoms with van der Waals surface area (Å²) in [5.74, 6) is 0.428. The number of ether oxygens (including phenoxy) is 1. The van der Waals surface area contributed by atoms with Crippen molar-refractivity contribution in [1.82, 2.24) is 0 Å². The van der Waals surface area contributed by atoms with Crippen molar-refractivity contribution in [2.75, 3.05) is 12.4 Å². The fourth-order valence-electron chi connectivity index (χ4n) is 2.32. The molecule has 1 aromatic carbocycles. The van der Waals surface area contributed by atoms with Gasteiger partial charge in [0.1, 0.15) is 0 Å². The van der Waals surface area contributed by atoms with Gasteiger partial charge in [0.15, 0.2) is 0 Å². The number of anilines is 1. The van der Waals surface area contributed by atoms with E-state index < -0.39 is 0 Å². The third kappa shape index (κ3) is 4.26. The van der Waals surface area contributed by atoms with Crippen LogP contribution in [0.4, 0.5) is 5.69 Å². The van der Waals surface area contributed by atoms with Crippen LogP contribution in [0.15, 0.2) is 18.2 Å². The van der Waals surface area contributed by atoms with Crippen molar-refractivity contribution in [2.45, 2.75) is 53.0 Å². The predicted octanol–water partition coefficient (Wildman–Crippen LogP) is 4.41. The fraction of sp³-hybridized carbons (Fsp3) is 0.588. The summed E-state index contributed by atoms with van der Waals surface area (Å²) in [5.41, 5.74) is 2.63. The molecule has 0 radical (unpaired) electrons. The molecule has 2 atom stereocenters. The molecule has 3 heteroatoms. The van der Waals surface area contributed by atoms with Gasteiger partial charge in [0.25, 0.3) is 0 Å². The van der Waals surface area contributed by atoms with Gasteiger partial charge in [0.2, 0.25) is 0 Å². The molecule has 112 valence electrons. The number of methoxy groups -OCH3 is 1. The van der Waals surface area contributed by atoms with Crippen LogP contribution in [-0.2, 0) is 4.74 Å². The third-order valence-corrected chi connectivity index (χ3v) is 3.98. The number of hydrogen-bond donors (Lipinski definition) is 1. The molecule has 0 saturated carbocycles. The summed E-state index contributed by atoms with van der Waals surface area (Å²) in [7, 11) is 1.42. The average Bonchev–Trinajstić information content (AvgIpc) is 2.47. The van der Waals surface area contributed by atoms with Gasteiger partial charge in [0.05, 0.1) is 12.7 Å². The number of esters is 1. The second-order valence-electron chi connectivity index (χ2n) is 5.47. The van der Waals surface area contributed by atoms with Crippen molar-refractivity contribution in [3.8, 4) is 0 Å². The average molecular weight is 277 g/mol. The monoisotopic (exact) mass is 277 g/mol. The van der Waals surface area contributed by atoms with Crippen molar-refractivity contribution in [3.63, 3.8) is 0 Å². The van der Waals surface area contributed by atoms with Crippen molar-refractivity contribution in [3.05, 3.63) is 29.3 Å². The third-order valence-electron chi connectivity index (χ3n) is 3.98. The Bertz CT molecular complexity index is 443. The van der Waals surface area contributed by atoms with Crippen molar-refractivity contribution >= 4 is 11.7 Å². The predicted molar refractivity (Wildman–Crippen MR) is 84.3 cm³/mol.